The maximum atomic E-state index is 13.4. The number of para-hydroxylation sites is 1. The quantitative estimate of drug-likeness (QED) is 0.709. The van der Waals surface area contributed by atoms with Gasteiger partial charge in [0.25, 0.3) is 0 Å². The number of rotatable bonds is 3. The highest BCUT2D eigenvalue weighted by molar-refractivity contribution is 7.16. The van der Waals surface area contributed by atoms with Gasteiger partial charge in [-0.05, 0) is 49.7 Å². The molecule has 2 aromatic carbocycles. The van der Waals surface area contributed by atoms with Crippen molar-refractivity contribution in [3.8, 4) is 11.3 Å². The summed E-state index contributed by atoms with van der Waals surface area (Å²) in [6.07, 6.45) is 0. The van der Waals surface area contributed by atoms with Crippen molar-refractivity contribution < 1.29 is 4.39 Å². The zero-order valence-corrected chi connectivity index (χ0v) is 12.7. The van der Waals surface area contributed by atoms with Crippen molar-refractivity contribution in [2.24, 2.45) is 0 Å². The lowest BCUT2D eigenvalue weighted by atomic mass is 10.1. The van der Waals surface area contributed by atoms with E-state index in [-0.39, 0.29) is 5.82 Å². The molecule has 0 fully saturated rings. The summed E-state index contributed by atoms with van der Waals surface area (Å²) < 4.78 is 13.4. The van der Waals surface area contributed by atoms with Crippen LogP contribution in [0.2, 0.25) is 0 Å². The summed E-state index contributed by atoms with van der Waals surface area (Å²) in [7, 11) is 0. The molecule has 3 aromatic rings. The average molecular weight is 298 g/mol. The summed E-state index contributed by atoms with van der Waals surface area (Å²) in [6.45, 7) is 3.80. The Bertz CT molecular complexity index is 766. The molecule has 0 spiro atoms. The van der Waals surface area contributed by atoms with Crippen LogP contribution in [0.1, 0.15) is 10.4 Å². The number of aryl methyl sites for hydroxylation is 2. The second-order valence-corrected chi connectivity index (χ2v) is 6.08. The summed E-state index contributed by atoms with van der Waals surface area (Å²) >= 11 is 1.60. The highest BCUT2D eigenvalue weighted by Gasteiger charge is 2.11. The third-order valence-electron chi connectivity index (χ3n) is 3.25. The van der Waals surface area contributed by atoms with E-state index >= 15 is 0 Å². The second-order valence-electron chi connectivity index (χ2n) is 4.88. The van der Waals surface area contributed by atoms with Gasteiger partial charge in [0.15, 0.2) is 5.13 Å². The van der Waals surface area contributed by atoms with Gasteiger partial charge in [0, 0.05) is 16.1 Å². The Hall–Kier alpha value is -2.20. The normalized spacial score (nSPS) is 10.6. The van der Waals surface area contributed by atoms with Gasteiger partial charge in [0.1, 0.15) is 5.82 Å². The van der Waals surface area contributed by atoms with Crippen molar-refractivity contribution >= 4 is 22.2 Å². The van der Waals surface area contributed by atoms with Crippen LogP contribution in [0.3, 0.4) is 0 Å². The number of hydrogen-bond donors (Lipinski definition) is 1. The van der Waals surface area contributed by atoms with Crippen LogP contribution in [0.15, 0.2) is 48.5 Å². The van der Waals surface area contributed by atoms with E-state index in [0.717, 1.165) is 27.0 Å². The Morgan fingerprint density at radius 2 is 1.81 bits per heavy atom. The minimum atomic E-state index is -0.186. The number of nitrogens with one attached hydrogen (secondary N) is 1. The minimum absolute atomic E-state index is 0.186. The van der Waals surface area contributed by atoms with Crippen LogP contribution < -0.4 is 5.32 Å². The first-order valence-corrected chi connectivity index (χ1v) is 7.51. The summed E-state index contributed by atoms with van der Waals surface area (Å²) in [4.78, 5) is 5.74. The standard InChI is InChI=1S/C17H15FN2S/c1-11-10-13(8-9-15(11)18)16-12(2)21-17(20-16)19-14-6-4-3-5-7-14/h3-10H,1-2H3,(H,19,20). The molecule has 0 saturated carbocycles. The van der Waals surface area contributed by atoms with Gasteiger partial charge in [-0.2, -0.15) is 0 Å². The minimum Gasteiger partial charge on any atom is -0.332 e. The van der Waals surface area contributed by atoms with Gasteiger partial charge in [-0.1, -0.05) is 18.2 Å². The maximum Gasteiger partial charge on any atom is 0.187 e. The van der Waals surface area contributed by atoms with Crippen LogP contribution in [0.25, 0.3) is 11.3 Å². The first-order chi connectivity index (χ1) is 10.1. The number of thiazole rings is 1. The molecule has 0 bridgehead atoms. The molecule has 0 aliphatic heterocycles. The van der Waals surface area contributed by atoms with Crippen LogP contribution in [0, 0.1) is 19.7 Å². The number of hydrogen-bond acceptors (Lipinski definition) is 3. The highest BCUT2D eigenvalue weighted by Crippen LogP contribution is 2.32. The summed E-state index contributed by atoms with van der Waals surface area (Å²) in [5.74, 6) is -0.186. The molecule has 1 heterocycles. The Kier molecular flexibility index (Phi) is 3.71. The van der Waals surface area contributed by atoms with Gasteiger partial charge < -0.3 is 5.32 Å². The lowest BCUT2D eigenvalue weighted by molar-refractivity contribution is 0.619. The SMILES string of the molecule is Cc1cc(-c2nc(Nc3ccccc3)sc2C)ccc1F. The molecule has 4 heteroatoms. The molecule has 0 aliphatic carbocycles. The van der Waals surface area contributed by atoms with Crippen LogP contribution in [-0.2, 0) is 0 Å². The van der Waals surface area contributed by atoms with Crippen molar-refractivity contribution in [2.45, 2.75) is 13.8 Å². The summed E-state index contributed by atoms with van der Waals surface area (Å²) in [5.41, 5.74) is 3.50. The van der Waals surface area contributed by atoms with Crippen LogP contribution in [0.5, 0.6) is 0 Å². The van der Waals surface area contributed by atoms with Crippen molar-refractivity contribution in [1.29, 1.82) is 0 Å². The summed E-state index contributed by atoms with van der Waals surface area (Å²) in [5, 5.41) is 4.14. The fourth-order valence-electron chi connectivity index (χ4n) is 2.15. The first-order valence-electron chi connectivity index (χ1n) is 6.69. The molecule has 106 valence electrons. The molecular weight excluding hydrogens is 283 g/mol. The molecule has 3 rings (SSSR count). The highest BCUT2D eigenvalue weighted by atomic mass is 32.1. The largest absolute Gasteiger partial charge is 0.332 e. The van der Waals surface area contributed by atoms with Crippen molar-refractivity contribution in [1.82, 2.24) is 4.98 Å². The maximum absolute atomic E-state index is 13.4. The lowest BCUT2D eigenvalue weighted by Crippen LogP contribution is -1.89. The lowest BCUT2D eigenvalue weighted by Gasteiger charge is -2.02. The molecule has 0 radical (unpaired) electrons. The number of halogens is 1. The molecule has 1 N–H and O–H groups in total. The molecule has 0 amide bonds. The van der Waals surface area contributed by atoms with Gasteiger partial charge in [-0.3, -0.25) is 0 Å². The molecule has 21 heavy (non-hydrogen) atoms. The average Bonchev–Trinajstić information content (AvgIpc) is 2.84. The Morgan fingerprint density at radius 3 is 2.52 bits per heavy atom. The zero-order chi connectivity index (χ0) is 14.8. The van der Waals surface area contributed by atoms with Crippen LogP contribution in [-0.4, -0.2) is 4.98 Å². The fourth-order valence-corrected chi connectivity index (χ4v) is 3.01. The molecule has 2 nitrogen and oxygen atoms in total. The Labute approximate surface area is 127 Å². The number of aromatic nitrogens is 1. The monoisotopic (exact) mass is 298 g/mol. The van der Waals surface area contributed by atoms with Crippen molar-refractivity contribution in [2.75, 3.05) is 5.32 Å². The van der Waals surface area contributed by atoms with Gasteiger partial charge >= 0.3 is 0 Å². The Morgan fingerprint density at radius 1 is 1.05 bits per heavy atom. The van der Waals surface area contributed by atoms with E-state index < -0.39 is 0 Å². The Balaban J connectivity index is 1.92. The molecule has 0 saturated heterocycles. The van der Waals surface area contributed by atoms with Crippen LogP contribution >= 0.6 is 11.3 Å². The van der Waals surface area contributed by atoms with Gasteiger partial charge in [0.05, 0.1) is 5.69 Å². The second kappa shape index (κ2) is 5.66. The fraction of sp³-hybridized carbons (Fsp3) is 0.118. The molecular formula is C17H15FN2S. The van der Waals surface area contributed by atoms with E-state index in [1.807, 2.05) is 43.3 Å². The van der Waals surface area contributed by atoms with Gasteiger partial charge in [-0.25, -0.2) is 9.37 Å². The third-order valence-corrected chi connectivity index (χ3v) is 4.14. The van der Waals surface area contributed by atoms with E-state index in [9.17, 15) is 4.39 Å². The number of anilines is 2. The molecule has 0 aliphatic rings. The third kappa shape index (κ3) is 2.95. The van der Waals surface area contributed by atoms with Crippen molar-refractivity contribution in [3.63, 3.8) is 0 Å². The molecule has 1 aromatic heterocycles. The predicted molar refractivity (Wildman–Crippen MR) is 86.7 cm³/mol. The molecule has 0 atom stereocenters. The van der Waals surface area contributed by atoms with E-state index in [1.165, 1.54) is 6.07 Å². The van der Waals surface area contributed by atoms with E-state index in [0.29, 0.717) is 5.56 Å². The summed E-state index contributed by atoms with van der Waals surface area (Å²) in [6, 6.07) is 15.0. The van der Waals surface area contributed by atoms with E-state index in [1.54, 1.807) is 24.3 Å². The van der Waals surface area contributed by atoms with Gasteiger partial charge in [0.2, 0.25) is 0 Å². The van der Waals surface area contributed by atoms with E-state index in [2.05, 4.69) is 10.3 Å². The van der Waals surface area contributed by atoms with Gasteiger partial charge in [-0.15, -0.1) is 11.3 Å². The predicted octanol–water partition coefficient (Wildman–Crippen LogP) is 5.31. The van der Waals surface area contributed by atoms with Crippen LogP contribution in [0.4, 0.5) is 15.2 Å². The van der Waals surface area contributed by atoms with Crippen molar-refractivity contribution in [3.05, 3.63) is 64.8 Å². The topological polar surface area (TPSA) is 24.9 Å². The van der Waals surface area contributed by atoms with E-state index in [4.69, 9.17) is 0 Å². The number of nitrogens with zero attached hydrogens (tertiary/aromatic N) is 1. The number of benzene rings is 2. The molecule has 0 unspecified atom stereocenters. The zero-order valence-electron chi connectivity index (χ0n) is 11.9. The first kappa shape index (κ1) is 13.8. The smallest absolute Gasteiger partial charge is 0.187 e.